The van der Waals surface area contributed by atoms with Crippen LogP contribution < -0.4 is 5.32 Å². The van der Waals surface area contributed by atoms with E-state index >= 15 is 0 Å². The van der Waals surface area contributed by atoms with Crippen molar-refractivity contribution in [1.82, 2.24) is 5.32 Å². The Balaban J connectivity index is 1.63. The van der Waals surface area contributed by atoms with Gasteiger partial charge in [0.1, 0.15) is 5.82 Å². The highest BCUT2D eigenvalue weighted by atomic mass is 32.1. The van der Waals surface area contributed by atoms with Crippen LogP contribution in [0.4, 0.5) is 4.39 Å². The van der Waals surface area contributed by atoms with Gasteiger partial charge >= 0.3 is 0 Å². The molecule has 1 aromatic carbocycles. The van der Waals surface area contributed by atoms with Crippen LogP contribution in [0, 0.1) is 5.82 Å². The third kappa shape index (κ3) is 5.89. The number of nitrogens with one attached hydrogen (secondary N) is 1. The first kappa shape index (κ1) is 20.5. The first-order chi connectivity index (χ1) is 13.7. The first-order valence-electron chi connectivity index (χ1n) is 9.32. The number of aliphatic hydroxyl groups excluding tert-OH is 1. The number of carbonyl (C=O) groups excluding carboxylic acids is 1. The zero-order valence-corrected chi connectivity index (χ0v) is 16.3. The molecule has 1 amide bonds. The molecule has 0 bridgehead atoms. The van der Waals surface area contributed by atoms with E-state index in [0.717, 1.165) is 16.9 Å². The van der Waals surface area contributed by atoms with E-state index < -0.39 is 6.29 Å². The Morgan fingerprint density at radius 1 is 1.29 bits per heavy atom. The number of ether oxygens (including phenoxy) is 2. The first-order valence-corrected chi connectivity index (χ1v) is 10.2. The van der Waals surface area contributed by atoms with Crippen molar-refractivity contribution in [2.45, 2.75) is 38.0 Å². The molecule has 5 nitrogen and oxygen atoms in total. The van der Waals surface area contributed by atoms with Crippen LogP contribution >= 0.6 is 11.3 Å². The van der Waals surface area contributed by atoms with Crippen molar-refractivity contribution < 1.29 is 23.8 Å². The predicted octanol–water partition coefficient (Wildman–Crippen LogP) is 3.71. The average Bonchev–Trinajstić information content (AvgIpc) is 3.25. The molecule has 0 fully saturated rings. The number of allylic oxidation sites excluding steroid dienone is 1. The molecule has 0 aliphatic carbocycles. The van der Waals surface area contributed by atoms with Crippen LogP contribution in [0.2, 0.25) is 0 Å². The normalized spacial score (nSPS) is 19.0. The molecule has 150 valence electrons. The lowest BCUT2D eigenvalue weighted by atomic mass is 9.99. The van der Waals surface area contributed by atoms with E-state index in [1.165, 1.54) is 12.1 Å². The summed E-state index contributed by atoms with van der Waals surface area (Å²) in [5, 5.41) is 13.7. The second-order valence-corrected chi connectivity index (χ2v) is 7.53. The van der Waals surface area contributed by atoms with Gasteiger partial charge in [-0.2, -0.15) is 0 Å². The molecule has 1 aliphatic rings. The Morgan fingerprint density at radius 3 is 2.82 bits per heavy atom. The maximum Gasteiger partial charge on any atom is 0.286 e. The molecule has 1 aromatic heterocycles. The van der Waals surface area contributed by atoms with E-state index in [9.17, 15) is 9.18 Å². The summed E-state index contributed by atoms with van der Waals surface area (Å²) in [6.45, 7) is 0.877. The van der Waals surface area contributed by atoms with Gasteiger partial charge in [-0.1, -0.05) is 18.2 Å². The molecule has 2 N–H and O–H groups in total. The summed E-state index contributed by atoms with van der Waals surface area (Å²) in [7, 11) is 0. The Morgan fingerprint density at radius 2 is 2.11 bits per heavy atom. The topological polar surface area (TPSA) is 67.8 Å². The number of aliphatic hydroxyl groups is 1. The number of unbranched alkanes of at least 4 members (excludes halogenated alkanes) is 1. The van der Waals surface area contributed by atoms with E-state index in [4.69, 9.17) is 14.6 Å². The largest absolute Gasteiger partial charge is 0.459 e. The summed E-state index contributed by atoms with van der Waals surface area (Å²) in [6.07, 6.45) is 3.35. The number of hydrogen-bond acceptors (Lipinski definition) is 5. The SMILES string of the molecule is O=C(NCc1ccc(F)cc1)C1=C[C@@H](c2cccs2)C[C@@H](OCCCCO)O1. The molecule has 0 saturated carbocycles. The van der Waals surface area contributed by atoms with E-state index in [2.05, 4.69) is 5.32 Å². The van der Waals surface area contributed by atoms with E-state index in [-0.39, 0.29) is 36.6 Å². The smallest absolute Gasteiger partial charge is 0.286 e. The minimum absolute atomic E-state index is 0.0446. The Kier molecular flexibility index (Phi) is 7.59. The Bertz CT molecular complexity index is 776. The molecule has 1 aliphatic heterocycles. The van der Waals surface area contributed by atoms with Gasteiger partial charge in [0.2, 0.25) is 6.29 Å². The lowest BCUT2D eigenvalue weighted by Gasteiger charge is -2.28. The van der Waals surface area contributed by atoms with Gasteiger partial charge in [-0.15, -0.1) is 11.3 Å². The summed E-state index contributed by atoms with van der Waals surface area (Å²) in [6, 6.07) is 10.0. The minimum Gasteiger partial charge on any atom is -0.459 e. The predicted molar refractivity (Wildman–Crippen MR) is 105 cm³/mol. The van der Waals surface area contributed by atoms with Gasteiger partial charge in [0.25, 0.3) is 5.91 Å². The van der Waals surface area contributed by atoms with Gasteiger partial charge < -0.3 is 19.9 Å². The van der Waals surface area contributed by atoms with Crippen LogP contribution in [0.5, 0.6) is 0 Å². The van der Waals surface area contributed by atoms with Crippen LogP contribution in [-0.2, 0) is 20.8 Å². The molecule has 2 atom stereocenters. The zero-order valence-electron chi connectivity index (χ0n) is 15.5. The van der Waals surface area contributed by atoms with Gasteiger partial charge in [0, 0.05) is 30.4 Å². The van der Waals surface area contributed by atoms with Crippen molar-refractivity contribution in [3.05, 3.63) is 69.9 Å². The number of rotatable bonds is 9. The van der Waals surface area contributed by atoms with Crippen molar-refractivity contribution in [2.75, 3.05) is 13.2 Å². The molecule has 0 unspecified atom stereocenters. The molecular formula is C21H24FNO4S. The molecule has 28 heavy (non-hydrogen) atoms. The Labute approximate surface area is 167 Å². The number of thiophene rings is 1. The van der Waals surface area contributed by atoms with Crippen molar-refractivity contribution in [1.29, 1.82) is 0 Å². The number of halogens is 1. The van der Waals surface area contributed by atoms with Crippen LogP contribution in [0.3, 0.4) is 0 Å². The van der Waals surface area contributed by atoms with Crippen molar-refractivity contribution in [2.24, 2.45) is 0 Å². The second-order valence-electron chi connectivity index (χ2n) is 6.55. The molecule has 2 aromatic rings. The lowest BCUT2D eigenvalue weighted by Crippen LogP contribution is -2.32. The van der Waals surface area contributed by atoms with Crippen LogP contribution in [0.25, 0.3) is 0 Å². The summed E-state index contributed by atoms with van der Waals surface area (Å²) < 4.78 is 24.6. The summed E-state index contributed by atoms with van der Waals surface area (Å²) >= 11 is 1.63. The molecular weight excluding hydrogens is 381 g/mol. The fourth-order valence-electron chi connectivity index (χ4n) is 2.92. The number of benzene rings is 1. The third-order valence-corrected chi connectivity index (χ3v) is 5.42. The van der Waals surface area contributed by atoms with E-state index in [1.54, 1.807) is 23.5 Å². The second kappa shape index (κ2) is 10.4. The molecule has 0 radical (unpaired) electrons. The highest BCUT2D eigenvalue weighted by Gasteiger charge is 2.29. The third-order valence-electron chi connectivity index (χ3n) is 4.41. The number of carbonyl (C=O) groups is 1. The number of amides is 1. The van der Waals surface area contributed by atoms with Crippen LogP contribution in [0.1, 0.15) is 35.6 Å². The van der Waals surface area contributed by atoms with E-state index in [1.807, 2.05) is 23.6 Å². The molecule has 0 spiro atoms. The van der Waals surface area contributed by atoms with Crippen molar-refractivity contribution in [3.63, 3.8) is 0 Å². The summed E-state index contributed by atoms with van der Waals surface area (Å²) in [5.41, 5.74) is 0.803. The summed E-state index contributed by atoms with van der Waals surface area (Å²) in [5.74, 6) is -0.356. The fourth-order valence-corrected chi connectivity index (χ4v) is 3.73. The average molecular weight is 405 g/mol. The van der Waals surface area contributed by atoms with Crippen molar-refractivity contribution in [3.8, 4) is 0 Å². The molecule has 3 rings (SSSR count). The number of hydrogen-bond donors (Lipinski definition) is 2. The molecule has 7 heteroatoms. The quantitative estimate of drug-likeness (QED) is 0.624. The zero-order chi connectivity index (χ0) is 19.8. The highest BCUT2D eigenvalue weighted by Crippen LogP contribution is 2.33. The minimum atomic E-state index is -0.512. The maximum absolute atomic E-state index is 13.0. The monoisotopic (exact) mass is 405 g/mol. The van der Waals surface area contributed by atoms with E-state index in [0.29, 0.717) is 19.4 Å². The van der Waals surface area contributed by atoms with Gasteiger partial charge in [-0.3, -0.25) is 4.79 Å². The van der Waals surface area contributed by atoms with Crippen LogP contribution in [-0.4, -0.2) is 30.5 Å². The summed E-state index contributed by atoms with van der Waals surface area (Å²) in [4.78, 5) is 13.8. The standard InChI is InChI=1S/C21H24FNO4S/c22-17-7-5-15(6-8-17)14-23-21(25)18-12-16(19-4-3-11-28-19)13-20(27-18)26-10-2-1-9-24/h3-8,11-12,16,20,24H,1-2,9-10,13-14H2,(H,23,25)/t16-,20+/m1/s1. The molecule has 0 saturated heterocycles. The van der Waals surface area contributed by atoms with Gasteiger partial charge in [0.05, 0.1) is 6.61 Å². The van der Waals surface area contributed by atoms with Gasteiger partial charge in [0.15, 0.2) is 5.76 Å². The fraction of sp³-hybridized carbons (Fsp3) is 0.381. The lowest BCUT2D eigenvalue weighted by molar-refractivity contribution is -0.146. The highest BCUT2D eigenvalue weighted by molar-refractivity contribution is 7.10. The maximum atomic E-state index is 13.0. The van der Waals surface area contributed by atoms with Gasteiger partial charge in [-0.05, 0) is 48.1 Å². The molecule has 2 heterocycles. The van der Waals surface area contributed by atoms with Gasteiger partial charge in [-0.25, -0.2) is 4.39 Å². The van der Waals surface area contributed by atoms with Crippen molar-refractivity contribution >= 4 is 17.2 Å². The Hall–Kier alpha value is -2.22. The van der Waals surface area contributed by atoms with Crippen LogP contribution in [0.15, 0.2) is 53.6 Å².